The molecule has 1 heterocycles. The van der Waals surface area contributed by atoms with E-state index in [1.807, 2.05) is 6.92 Å². The van der Waals surface area contributed by atoms with Crippen LogP contribution in [0.5, 0.6) is 0 Å². The maximum Gasteiger partial charge on any atom is 0.254 e. The van der Waals surface area contributed by atoms with Crippen molar-refractivity contribution in [3.8, 4) is 0 Å². The predicted molar refractivity (Wildman–Crippen MR) is 64.5 cm³/mol. The number of hydrogen-bond donors (Lipinski definition) is 1. The number of hydrogen-bond acceptors (Lipinski definition) is 2. The van der Waals surface area contributed by atoms with Crippen LogP contribution in [0, 0.1) is 12.7 Å². The van der Waals surface area contributed by atoms with Crippen LogP contribution in [0.2, 0.25) is 0 Å². The highest BCUT2D eigenvalue weighted by Gasteiger charge is 2.28. The second-order valence-electron chi connectivity index (χ2n) is 4.42. The Morgan fingerprint density at radius 2 is 2.18 bits per heavy atom. The average Bonchev–Trinajstić information content (AvgIpc) is 2.20. The minimum Gasteiger partial charge on any atom is -0.333 e. The molecule has 3 nitrogen and oxygen atoms in total. The van der Waals surface area contributed by atoms with Gasteiger partial charge in [-0.2, -0.15) is 0 Å². The zero-order valence-corrected chi connectivity index (χ0v) is 10.2. The van der Waals surface area contributed by atoms with Crippen LogP contribution >= 0.6 is 0 Å². The third-order valence-corrected chi connectivity index (χ3v) is 3.09. The van der Waals surface area contributed by atoms with Crippen LogP contribution in [-0.2, 0) is 0 Å². The molecule has 1 N–H and O–H groups in total. The summed E-state index contributed by atoms with van der Waals surface area (Å²) in [6.07, 6.45) is 0. The lowest BCUT2D eigenvalue weighted by Gasteiger charge is -2.37. The van der Waals surface area contributed by atoms with Crippen molar-refractivity contribution in [2.75, 3.05) is 19.6 Å². The number of carbonyl (C=O) groups excluding carboxylic acids is 1. The van der Waals surface area contributed by atoms with Gasteiger partial charge in [-0.3, -0.25) is 4.79 Å². The molecule has 1 fully saturated rings. The normalized spacial score (nSPS) is 15.5. The number of halogens is 1. The van der Waals surface area contributed by atoms with Gasteiger partial charge in [0.05, 0.1) is 6.04 Å². The number of rotatable bonds is 3. The lowest BCUT2D eigenvalue weighted by atomic mass is 10.1. The fourth-order valence-electron chi connectivity index (χ4n) is 2.09. The number of carbonyl (C=O) groups is 1. The van der Waals surface area contributed by atoms with Crippen molar-refractivity contribution in [2.45, 2.75) is 19.9 Å². The molecule has 0 aliphatic carbocycles. The van der Waals surface area contributed by atoms with E-state index in [4.69, 9.17) is 0 Å². The van der Waals surface area contributed by atoms with E-state index in [1.165, 1.54) is 12.1 Å². The first-order valence-corrected chi connectivity index (χ1v) is 5.90. The molecule has 1 aliphatic rings. The van der Waals surface area contributed by atoms with Gasteiger partial charge in [-0.25, -0.2) is 4.39 Å². The Bertz CT molecular complexity index is 409. The zero-order valence-electron chi connectivity index (χ0n) is 10.2. The van der Waals surface area contributed by atoms with Crippen molar-refractivity contribution in [2.24, 2.45) is 0 Å². The van der Waals surface area contributed by atoms with Gasteiger partial charge in [0.15, 0.2) is 0 Å². The van der Waals surface area contributed by atoms with Crippen LogP contribution in [0.15, 0.2) is 18.2 Å². The van der Waals surface area contributed by atoms with E-state index < -0.39 is 0 Å². The van der Waals surface area contributed by atoms with Crippen molar-refractivity contribution in [1.82, 2.24) is 10.2 Å². The van der Waals surface area contributed by atoms with Gasteiger partial charge in [-0.15, -0.1) is 0 Å². The van der Waals surface area contributed by atoms with Crippen LogP contribution in [0.25, 0.3) is 0 Å². The first-order chi connectivity index (χ1) is 8.11. The first kappa shape index (κ1) is 12.0. The number of benzene rings is 1. The Labute approximate surface area is 101 Å². The average molecular weight is 236 g/mol. The Hall–Kier alpha value is -1.42. The van der Waals surface area contributed by atoms with Crippen LogP contribution < -0.4 is 5.32 Å². The SMILES string of the molecule is CCN(C(=O)c1cc(C)cc(F)c1)C1CNC1. The molecule has 0 radical (unpaired) electrons. The summed E-state index contributed by atoms with van der Waals surface area (Å²) in [5.74, 6) is -0.433. The zero-order chi connectivity index (χ0) is 12.4. The molecule has 4 heteroatoms. The second-order valence-corrected chi connectivity index (χ2v) is 4.42. The number of likely N-dealkylation sites (N-methyl/N-ethyl adjacent to an activating group) is 1. The maximum absolute atomic E-state index is 13.3. The number of amides is 1. The molecule has 17 heavy (non-hydrogen) atoms. The molecule has 1 amide bonds. The Balaban J connectivity index is 2.22. The van der Waals surface area contributed by atoms with Gasteiger partial charge in [0, 0.05) is 25.2 Å². The van der Waals surface area contributed by atoms with E-state index >= 15 is 0 Å². The summed E-state index contributed by atoms with van der Waals surface area (Å²) in [5, 5.41) is 3.14. The molecule has 0 saturated carbocycles. The summed E-state index contributed by atoms with van der Waals surface area (Å²) >= 11 is 0. The highest BCUT2D eigenvalue weighted by molar-refractivity contribution is 5.94. The number of aryl methyl sites for hydroxylation is 1. The molecule has 0 aromatic heterocycles. The summed E-state index contributed by atoms with van der Waals surface area (Å²) in [6.45, 7) is 6.05. The fraction of sp³-hybridized carbons (Fsp3) is 0.462. The van der Waals surface area contributed by atoms with E-state index in [-0.39, 0.29) is 17.8 Å². The third-order valence-electron chi connectivity index (χ3n) is 3.09. The van der Waals surface area contributed by atoms with E-state index in [0.717, 1.165) is 18.7 Å². The fourth-order valence-corrected chi connectivity index (χ4v) is 2.09. The van der Waals surface area contributed by atoms with Gasteiger partial charge in [0.25, 0.3) is 5.91 Å². The predicted octanol–water partition coefficient (Wildman–Crippen LogP) is 1.57. The van der Waals surface area contributed by atoms with Gasteiger partial charge >= 0.3 is 0 Å². The van der Waals surface area contributed by atoms with Crippen molar-refractivity contribution in [1.29, 1.82) is 0 Å². The van der Waals surface area contributed by atoms with Crippen LogP contribution in [0.1, 0.15) is 22.8 Å². The molecule has 1 aromatic carbocycles. The van der Waals surface area contributed by atoms with E-state index in [9.17, 15) is 9.18 Å². The van der Waals surface area contributed by atoms with Crippen molar-refractivity contribution in [3.05, 3.63) is 35.1 Å². The molecule has 0 unspecified atom stereocenters. The summed E-state index contributed by atoms with van der Waals surface area (Å²) in [4.78, 5) is 14.0. The van der Waals surface area contributed by atoms with Gasteiger partial charge in [-0.05, 0) is 37.6 Å². The highest BCUT2D eigenvalue weighted by atomic mass is 19.1. The lowest BCUT2D eigenvalue weighted by molar-refractivity contribution is 0.0629. The summed E-state index contributed by atoms with van der Waals surface area (Å²) in [7, 11) is 0. The molecule has 2 rings (SSSR count). The van der Waals surface area contributed by atoms with Gasteiger partial charge in [-0.1, -0.05) is 0 Å². The van der Waals surface area contributed by atoms with Gasteiger partial charge < -0.3 is 10.2 Å². The molecule has 0 atom stereocenters. The van der Waals surface area contributed by atoms with Crippen molar-refractivity contribution in [3.63, 3.8) is 0 Å². The van der Waals surface area contributed by atoms with Crippen molar-refractivity contribution < 1.29 is 9.18 Å². The molecule has 0 bridgehead atoms. The highest BCUT2D eigenvalue weighted by Crippen LogP contribution is 2.14. The Morgan fingerprint density at radius 1 is 1.47 bits per heavy atom. The molecule has 1 aliphatic heterocycles. The van der Waals surface area contributed by atoms with E-state index in [1.54, 1.807) is 17.9 Å². The van der Waals surface area contributed by atoms with Crippen LogP contribution in [0.4, 0.5) is 4.39 Å². The molecule has 0 spiro atoms. The molecule has 92 valence electrons. The minimum absolute atomic E-state index is 0.0819. The summed E-state index contributed by atoms with van der Waals surface area (Å²) in [6, 6.07) is 4.72. The number of nitrogens with zero attached hydrogens (tertiary/aromatic N) is 1. The smallest absolute Gasteiger partial charge is 0.254 e. The van der Waals surface area contributed by atoms with E-state index in [2.05, 4.69) is 5.32 Å². The summed E-state index contributed by atoms with van der Waals surface area (Å²) in [5.41, 5.74) is 1.22. The monoisotopic (exact) mass is 236 g/mol. The third kappa shape index (κ3) is 2.47. The van der Waals surface area contributed by atoms with Gasteiger partial charge in [0.1, 0.15) is 5.82 Å². The topological polar surface area (TPSA) is 32.3 Å². The van der Waals surface area contributed by atoms with Gasteiger partial charge in [0.2, 0.25) is 0 Å². The van der Waals surface area contributed by atoms with Crippen LogP contribution in [0.3, 0.4) is 0 Å². The number of nitrogens with one attached hydrogen (secondary N) is 1. The van der Waals surface area contributed by atoms with Crippen LogP contribution in [-0.4, -0.2) is 36.5 Å². The molecular formula is C13H17FN2O. The van der Waals surface area contributed by atoms with E-state index in [0.29, 0.717) is 12.1 Å². The first-order valence-electron chi connectivity index (χ1n) is 5.90. The second kappa shape index (κ2) is 4.84. The Kier molecular flexibility index (Phi) is 3.43. The Morgan fingerprint density at radius 3 is 2.65 bits per heavy atom. The maximum atomic E-state index is 13.3. The lowest BCUT2D eigenvalue weighted by Crippen LogP contribution is -2.58. The van der Waals surface area contributed by atoms with Crippen molar-refractivity contribution >= 4 is 5.91 Å². The summed E-state index contributed by atoms with van der Waals surface area (Å²) < 4.78 is 13.3. The quantitative estimate of drug-likeness (QED) is 0.864. The minimum atomic E-state index is -0.351. The molecule has 1 aromatic rings. The standard InChI is InChI=1S/C13H17FN2O/c1-3-16(12-7-15-8-12)13(17)10-4-9(2)5-11(14)6-10/h4-6,12,15H,3,7-8H2,1-2H3. The molecular weight excluding hydrogens is 219 g/mol. The largest absolute Gasteiger partial charge is 0.333 e. The molecule has 1 saturated heterocycles.